The first kappa shape index (κ1) is 14.3. The first-order valence-corrected chi connectivity index (χ1v) is 8.29. The third kappa shape index (κ3) is 1.93. The van der Waals surface area contributed by atoms with Crippen molar-refractivity contribution in [3.8, 4) is 16.6 Å². The van der Waals surface area contributed by atoms with Crippen LogP contribution in [0.15, 0.2) is 24.3 Å². The Balaban J connectivity index is 2.15. The summed E-state index contributed by atoms with van der Waals surface area (Å²) in [5.41, 5.74) is 3.05. The number of aryl methyl sites for hydroxylation is 1. The van der Waals surface area contributed by atoms with E-state index in [1.807, 2.05) is 0 Å². The van der Waals surface area contributed by atoms with Gasteiger partial charge in [-0.1, -0.05) is 45.0 Å². The van der Waals surface area contributed by atoms with E-state index in [2.05, 4.69) is 58.0 Å². The van der Waals surface area contributed by atoms with Crippen molar-refractivity contribution < 1.29 is 0 Å². The molecule has 1 aliphatic carbocycles. The van der Waals surface area contributed by atoms with E-state index < -0.39 is 5.41 Å². The molecule has 0 unspecified atom stereocenters. The highest BCUT2D eigenvalue weighted by atomic mass is 32.1. The van der Waals surface area contributed by atoms with Crippen LogP contribution in [0.25, 0.3) is 10.6 Å². The van der Waals surface area contributed by atoms with Gasteiger partial charge in [0.1, 0.15) is 10.4 Å². The number of hydrogen-bond acceptors (Lipinski definition) is 3. The number of aromatic nitrogens is 1. The Kier molecular flexibility index (Phi) is 3.37. The maximum Gasteiger partial charge on any atom is 0.124 e. The number of nitrogens with zero attached hydrogens (tertiary/aromatic N) is 2. The molecule has 3 heteroatoms. The Hall–Kier alpha value is -1.66. The molecule has 0 N–H and O–H groups in total. The minimum Gasteiger partial charge on any atom is -0.239 e. The van der Waals surface area contributed by atoms with Crippen LogP contribution in [0.1, 0.15) is 36.9 Å². The standard InChI is InChI=1S/C18H20N2S/c1-11(2)18(10-19)13(4)9-15-16(18)20-17(21-15)14-8-6-5-7-12(14)3/h5-8,11,13H,9H2,1-4H3/t13-,18+/m1/s1. The number of nitriles is 1. The fourth-order valence-corrected chi connectivity index (χ4v) is 4.90. The summed E-state index contributed by atoms with van der Waals surface area (Å²) in [6, 6.07) is 10.9. The van der Waals surface area contributed by atoms with E-state index in [-0.39, 0.29) is 5.92 Å². The van der Waals surface area contributed by atoms with Crippen LogP contribution in [0.5, 0.6) is 0 Å². The van der Waals surface area contributed by atoms with E-state index in [1.165, 1.54) is 16.0 Å². The molecule has 21 heavy (non-hydrogen) atoms. The zero-order chi connectivity index (χ0) is 15.2. The minimum absolute atomic E-state index is 0.283. The molecule has 108 valence electrons. The van der Waals surface area contributed by atoms with E-state index in [9.17, 15) is 5.26 Å². The highest BCUT2D eigenvalue weighted by Crippen LogP contribution is 2.50. The Morgan fingerprint density at radius 2 is 2.10 bits per heavy atom. The van der Waals surface area contributed by atoms with E-state index in [0.29, 0.717) is 5.92 Å². The van der Waals surface area contributed by atoms with E-state index in [4.69, 9.17) is 4.98 Å². The second kappa shape index (κ2) is 4.96. The van der Waals surface area contributed by atoms with Crippen LogP contribution in [0.4, 0.5) is 0 Å². The number of fused-ring (bicyclic) bond motifs is 1. The first-order valence-electron chi connectivity index (χ1n) is 7.48. The quantitative estimate of drug-likeness (QED) is 0.803. The molecule has 0 spiro atoms. The Bertz CT molecular complexity index is 723. The molecule has 0 radical (unpaired) electrons. The van der Waals surface area contributed by atoms with E-state index in [0.717, 1.165) is 17.1 Å². The predicted octanol–water partition coefficient (Wildman–Crippen LogP) is 4.73. The van der Waals surface area contributed by atoms with Gasteiger partial charge in [-0.25, -0.2) is 4.98 Å². The summed E-state index contributed by atoms with van der Waals surface area (Å²) in [5, 5.41) is 10.9. The Labute approximate surface area is 130 Å². The molecule has 0 amide bonds. The molecule has 2 atom stereocenters. The molecular weight excluding hydrogens is 276 g/mol. The van der Waals surface area contributed by atoms with E-state index in [1.54, 1.807) is 11.3 Å². The van der Waals surface area contributed by atoms with Gasteiger partial charge in [-0.2, -0.15) is 5.26 Å². The topological polar surface area (TPSA) is 36.7 Å². The van der Waals surface area contributed by atoms with Crippen LogP contribution < -0.4 is 0 Å². The summed E-state index contributed by atoms with van der Waals surface area (Å²) in [7, 11) is 0. The van der Waals surface area contributed by atoms with Gasteiger partial charge < -0.3 is 0 Å². The van der Waals surface area contributed by atoms with Crippen LogP contribution >= 0.6 is 11.3 Å². The van der Waals surface area contributed by atoms with Crippen molar-refractivity contribution in [3.05, 3.63) is 40.4 Å². The van der Waals surface area contributed by atoms with Gasteiger partial charge in [-0.15, -0.1) is 11.3 Å². The lowest BCUT2D eigenvalue weighted by Crippen LogP contribution is -2.34. The van der Waals surface area contributed by atoms with Crippen molar-refractivity contribution in [3.63, 3.8) is 0 Å². The molecule has 2 nitrogen and oxygen atoms in total. The molecular formula is C18H20N2S. The molecule has 0 fully saturated rings. The largest absolute Gasteiger partial charge is 0.239 e. The number of benzene rings is 1. The van der Waals surface area contributed by atoms with Crippen molar-refractivity contribution in [1.82, 2.24) is 4.98 Å². The Morgan fingerprint density at radius 3 is 2.71 bits per heavy atom. The van der Waals surface area contributed by atoms with Gasteiger partial charge in [0.15, 0.2) is 0 Å². The van der Waals surface area contributed by atoms with Crippen LogP contribution in [0.3, 0.4) is 0 Å². The lowest BCUT2D eigenvalue weighted by Gasteiger charge is -2.30. The smallest absolute Gasteiger partial charge is 0.124 e. The van der Waals surface area contributed by atoms with Gasteiger partial charge in [-0.3, -0.25) is 0 Å². The van der Waals surface area contributed by atoms with E-state index >= 15 is 0 Å². The monoisotopic (exact) mass is 296 g/mol. The van der Waals surface area contributed by atoms with Gasteiger partial charge in [-0.05, 0) is 30.7 Å². The molecule has 1 aliphatic rings. The molecule has 0 bridgehead atoms. The zero-order valence-corrected chi connectivity index (χ0v) is 13.8. The first-order chi connectivity index (χ1) is 10.0. The molecule has 2 aromatic rings. The molecule has 0 aliphatic heterocycles. The summed E-state index contributed by atoms with van der Waals surface area (Å²) in [5.74, 6) is 0.632. The average molecular weight is 296 g/mol. The van der Waals surface area contributed by atoms with Gasteiger partial charge in [0.25, 0.3) is 0 Å². The van der Waals surface area contributed by atoms with Crippen molar-refractivity contribution in [2.75, 3.05) is 0 Å². The predicted molar refractivity (Wildman–Crippen MR) is 87.3 cm³/mol. The molecule has 0 saturated heterocycles. The number of rotatable bonds is 2. The van der Waals surface area contributed by atoms with Gasteiger partial charge in [0, 0.05) is 10.4 Å². The lowest BCUT2D eigenvalue weighted by molar-refractivity contribution is 0.296. The second-order valence-corrected chi connectivity index (χ2v) is 7.43. The average Bonchev–Trinajstić information content (AvgIpc) is 2.94. The van der Waals surface area contributed by atoms with Crippen molar-refractivity contribution in [1.29, 1.82) is 5.26 Å². The van der Waals surface area contributed by atoms with Crippen LogP contribution in [0, 0.1) is 30.1 Å². The third-order valence-corrected chi connectivity index (χ3v) is 5.94. The van der Waals surface area contributed by atoms with Crippen molar-refractivity contribution >= 4 is 11.3 Å². The summed E-state index contributed by atoms with van der Waals surface area (Å²) < 4.78 is 0. The maximum atomic E-state index is 9.85. The fourth-order valence-electron chi connectivity index (χ4n) is 3.55. The minimum atomic E-state index is -0.424. The molecule has 1 aromatic heterocycles. The molecule has 1 heterocycles. The van der Waals surface area contributed by atoms with Crippen molar-refractivity contribution in [2.24, 2.45) is 11.8 Å². The fraction of sp³-hybridized carbons (Fsp3) is 0.444. The highest BCUT2D eigenvalue weighted by molar-refractivity contribution is 7.15. The summed E-state index contributed by atoms with van der Waals surface area (Å²) >= 11 is 1.77. The van der Waals surface area contributed by atoms with Gasteiger partial charge in [0.05, 0.1) is 11.8 Å². The lowest BCUT2D eigenvalue weighted by atomic mass is 9.70. The van der Waals surface area contributed by atoms with Crippen LogP contribution in [0.2, 0.25) is 0 Å². The normalized spacial score (nSPS) is 24.1. The summed E-state index contributed by atoms with van der Waals surface area (Å²) in [6.45, 7) is 8.58. The summed E-state index contributed by atoms with van der Waals surface area (Å²) in [4.78, 5) is 6.22. The van der Waals surface area contributed by atoms with Gasteiger partial charge in [0.2, 0.25) is 0 Å². The van der Waals surface area contributed by atoms with Crippen LogP contribution in [-0.2, 0) is 11.8 Å². The molecule has 0 saturated carbocycles. The molecule has 1 aromatic carbocycles. The number of hydrogen-bond donors (Lipinski definition) is 0. The maximum absolute atomic E-state index is 9.85. The third-order valence-electron chi connectivity index (χ3n) is 4.83. The van der Waals surface area contributed by atoms with Crippen molar-refractivity contribution in [2.45, 2.75) is 39.5 Å². The zero-order valence-electron chi connectivity index (χ0n) is 13.0. The molecule has 3 rings (SSSR count). The highest BCUT2D eigenvalue weighted by Gasteiger charge is 2.50. The van der Waals surface area contributed by atoms with Gasteiger partial charge >= 0.3 is 0 Å². The second-order valence-electron chi connectivity index (χ2n) is 6.35. The number of thiazole rings is 1. The SMILES string of the molecule is Cc1ccccc1-c1nc2c(s1)C[C@@H](C)[C@]2(C#N)C(C)C. The Morgan fingerprint density at radius 1 is 1.38 bits per heavy atom. The van der Waals surface area contributed by atoms with Crippen LogP contribution in [-0.4, -0.2) is 4.98 Å². The summed E-state index contributed by atoms with van der Waals surface area (Å²) in [6.07, 6.45) is 0.977.